The summed E-state index contributed by atoms with van der Waals surface area (Å²) in [6.07, 6.45) is -5.28. The summed E-state index contributed by atoms with van der Waals surface area (Å²) in [6, 6.07) is 2.49. The number of Topliss-reactive ketones (excluding diaryl/α,β-unsaturated/α-hetero) is 2. The van der Waals surface area contributed by atoms with E-state index in [1.807, 2.05) is 5.11 Å². The van der Waals surface area contributed by atoms with Crippen molar-refractivity contribution in [3.63, 3.8) is 0 Å². The molecule has 1 aromatic rings. The van der Waals surface area contributed by atoms with Crippen LogP contribution in [-0.2, 0) is 9.53 Å². The molecular formula is C20H18N2O8. The van der Waals surface area contributed by atoms with Gasteiger partial charge < -0.3 is 35.8 Å². The van der Waals surface area contributed by atoms with Crippen LogP contribution in [-0.4, -0.2) is 67.9 Å². The zero-order chi connectivity index (χ0) is 22.1. The first kappa shape index (κ1) is 20.1. The third-order valence-corrected chi connectivity index (χ3v) is 5.86. The van der Waals surface area contributed by atoms with Gasteiger partial charge in [-0.15, -0.1) is 0 Å². The Morgan fingerprint density at radius 3 is 2.47 bits per heavy atom. The van der Waals surface area contributed by atoms with Crippen molar-refractivity contribution >= 4 is 17.5 Å². The van der Waals surface area contributed by atoms with E-state index in [1.54, 1.807) is 0 Å². The lowest BCUT2D eigenvalue weighted by Gasteiger charge is -2.43. The van der Waals surface area contributed by atoms with Crippen molar-refractivity contribution in [1.29, 1.82) is 0 Å². The molecule has 0 spiro atoms. The number of carbonyl (C=O) groups is 3. The highest BCUT2D eigenvalue weighted by molar-refractivity contribution is 6.31. The van der Waals surface area contributed by atoms with Crippen LogP contribution in [0.1, 0.15) is 34.6 Å². The van der Waals surface area contributed by atoms with Crippen LogP contribution in [0.5, 0.6) is 5.75 Å². The van der Waals surface area contributed by atoms with E-state index < -0.39 is 53.2 Å². The molecule has 156 valence electrons. The monoisotopic (exact) mass is 414 g/mol. The summed E-state index contributed by atoms with van der Waals surface area (Å²) in [5, 5.41) is 44.1. The van der Waals surface area contributed by atoms with Gasteiger partial charge in [-0.2, -0.15) is 0 Å². The molecule has 10 heteroatoms. The predicted octanol–water partition coefficient (Wildman–Crippen LogP) is -1.73. The summed E-state index contributed by atoms with van der Waals surface area (Å²) in [5.74, 6) is -2.80. The standard InChI is InChI=1S/C20H18N2O8/c1-6(23)30-19-13-11(17(27)18(28)20(19,2)29)10-12(14(13)22-21)16(26)9-7(15(10)25)4-3-5-8(9)24/h3-5,14,17-19,22,24,27-29H,1-2H3. The van der Waals surface area contributed by atoms with Gasteiger partial charge in [0.2, 0.25) is 5.78 Å². The average Bonchev–Trinajstić information content (AvgIpc) is 3.03. The number of carbonyl (C=O) groups excluding carboxylic acids is 3. The molecule has 4 rings (SSSR count). The van der Waals surface area contributed by atoms with Gasteiger partial charge in [-0.25, -0.2) is 0 Å². The van der Waals surface area contributed by atoms with E-state index >= 15 is 0 Å². The molecule has 0 aliphatic heterocycles. The van der Waals surface area contributed by atoms with Crippen molar-refractivity contribution in [3.05, 3.63) is 57.1 Å². The molecule has 3 aliphatic carbocycles. The maximum atomic E-state index is 13.2. The zero-order valence-corrected chi connectivity index (χ0v) is 15.9. The third-order valence-electron chi connectivity index (χ3n) is 5.86. The highest BCUT2D eigenvalue weighted by atomic mass is 16.6. The molecule has 0 heterocycles. The van der Waals surface area contributed by atoms with E-state index in [2.05, 4.69) is 0 Å². The number of hydrogen-bond acceptors (Lipinski definition) is 8. The molecule has 0 amide bonds. The minimum Gasteiger partial charge on any atom is -0.508 e. The van der Waals surface area contributed by atoms with E-state index in [-0.39, 0.29) is 33.4 Å². The number of aliphatic hydroxyl groups excluding tert-OH is 2. The number of hydrogen-bond donors (Lipinski definition) is 5. The normalized spacial score (nSPS) is 32.6. The van der Waals surface area contributed by atoms with Gasteiger partial charge in [0.25, 0.3) is 0 Å². The molecule has 0 radical (unpaired) electrons. The van der Waals surface area contributed by atoms with Crippen LogP contribution in [0.2, 0.25) is 0 Å². The predicted molar refractivity (Wildman–Crippen MR) is 97.1 cm³/mol. The first-order valence-corrected chi connectivity index (χ1v) is 9.09. The van der Waals surface area contributed by atoms with E-state index in [4.69, 9.17) is 4.74 Å². The lowest BCUT2D eigenvalue weighted by molar-refractivity contribution is -0.504. The largest absolute Gasteiger partial charge is 0.508 e. The molecule has 0 fully saturated rings. The molecule has 1 aromatic carbocycles. The van der Waals surface area contributed by atoms with Gasteiger partial charge in [-0.3, -0.25) is 14.4 Å². The fourth-order valence-electron chi connectivity index (χ4n) is 4.51. The number of esters is 1. The molecule has 0 bridgehead atoms. The van der Waals surface area contributed by atoms with E-state index in [0.29, 0.717) is 0 Å². The Morgan fingerprint density at radius 2 is 1.87 bits per heavy atom. The minimum absolute atomic E-state index is 0.118. The Bertz CT molecular complexity index is 1100. The molecule has 0 saturated heterocycles. The molecular weight excluding hydrogens is 396 g/mol. The molecule has 5 N–H and O–H groups in total. The third kappa shape index (κ3) is 2.38. The fraction of sp³-hybridized carbons (Fsp3) is 0.350. The number of rotatable bonds is 2. The lowest BCUT2D eigenvalue weighted by atomic mass is 9.73. The molecule has 3 aliphatic rings. The molecule has 30 heavy (non-hydrogen) atoms. The second kappa shape index (κ2) is 6.39. The van der Waals surface area contributed by atoms with Crippen LogP contribution >= 0.6 is 0 Å². The Labute approximate surface area is 169 Å². The molecule has 0 saturated carbocycles. The van der Waals surface area contributed by atoms with E-state index in [1.165, 1.54) is 18.2 Å². The first-order valence-electron chi connectivity index (χ1n) is 9.09. The van der Waals surface area contributed by atoms with Gasteiger partial charge in [0.15, 0.2) is 17.9 Å². The summed E-state index contributed by atoms with van der Waals surface area (Å²) >= 11 is 0. The number of aliphatic hydroxyl groups is 3. The molecule has 10 nitrogen and oxygen atoms in total. The number of nitrogens with zero attached hydrogens (tertiary/aromatic N) is 1. The van der Waals surface area contributed by atoms with Crippen molar-refractivity contribution in [1.82, 2.24) is 0 Å². The number of ketones is 2. The topological polar surface area (TPSA) is 178 Å². The van der Waals surface area contributed by atoms with Gasteiger partial charge in [-0.05, 0) is 13.0 Å². The summed E-state index contributed by atoms with van der Waals surface area (Å²) in [7, 11) is 0. The van der Waals surface area contributed by atoms with Crippen molar-refractivity contribution in [3.8, 4) is 5.75 Å². The van der Waals surface area contributed by atoms with Gasteiger partial charge in [0.05, 0.1) is 16.7 Å². The van der Waals surface area contributed by atoms with Crippen LogP contribution < -0.4 is 5.11 Å². The maximum Gasteiger partial charge on any atom is 0.303 e. The number of ether oxygens (including phenoxy) is 1. The average molecular weight is 414 g/mol. The Hall–Kier alpha value is -3.21. The Kier molecular flexibility index (Phi) is 4.28. The summed E-state index contributed by atoms with van der Waals surface area (Å²) in [4.78, 5) is 38.1. The zero-order valence-electron chi connectivity index (χ0n) is 15.9. The number of fused-ring (bicyclic) bond motifs is 2. The highest BCUT2D eigenvalue weighted by Crippen LogP contribution is 2.49. The number of phenolic OH excluding ortho intramolecular Hbond substituents is 1. The second-order valence-electron chi connectivity index (χ2n) is 7.68. The minimum atomic E-state index is -2.20. The van der Waals surface area contributed by atoms with Gasteiger partial charge in [-0.1, -0.05) is 12.1 Å². The Balaban J connectivity index is 2.01. The van der Waals surface area contributed by atoms with Crippen molar-refractivity contribution in [2.24, 2.45) is 0 Å². The van der Waals surface area contributed by atoms with Crippen molar-refractivity contribution < 1.29 is 44.7 Å². The second-order valence-corrected chi connectivity index (χ2v) is 7.68. The van der Waals surface area contributed by atoms with Crippen LogP contribution in [0, 0.1) is 0 Å². The first-order chi connectivity index (χ1) is 14.0. The van der Waals surface area contributed by atoms with E-state index in [9.17, 15) is 40.3 Å². The van der Waals surface area contributed by atoms with Gasteiger partial charge >= 0.3 is 5.97 Å². The maximum absolute atomic E-state index is 13.2. The highest BCUT2D eigenvalue weighted by Gasteiger charge is 2.61. The summed E-state index contributed by atoms with van der Waals surface area (Å²) in [5.41, 5.74) is 6.33. The quantitative estimate of drug-likeness (QED) is 0.280. The molecule has 5 unspecified atom stereocenters. The van der Waals surface area contributed by atoms with E-state index in [0.717, 1.165) is 13.8 Å². The van der Waals surface area contributed by atoms with Crippen LogP contribution in [0.4, 0.5) is 0 Å². The van der Waals surface area contributed by atoms with Gasteiger partial charge in [0.1, 0.15) is 23.6 Å². The summed E-state index contributed by atoms with van der Waals surface area (Å²) < 4.78 is 5.18. The van der Waals surface area contributed by atoms with Gasteiger partial charge in [0, 0.05) is 23.6 Å². The molecule has 5 atom stereocenters. The number of phenols is 1. The summed E-state index contributed by atoms with van der Waals surface area (Å²) in [6.45, 7) is 2.18. The van der Waals surface area contributed by atoms with Crippen molar-refractivity contribution in [2.45, 2.75) is 43.8 Å². The van der Waals surface area contributed by atoms with Crippen LogP contribution in [0.25, 0.3) is 5.53 Å². The van der Waals surface area contributed by atoms with Crippen molar-refractivity contribution in [2.75, 3.05) is 0 Å². The van der Waals surface area contributed by atoms with Crippen LogP contribution in [0.15, 0.2) is 40.5 Å². The smallest absolute Gasteiger partial charge is 0.303 e. The lowest BCUT2D eigenvalue weighted by Crippen LogP contribution is -2.76. The molecule has 0 aromatic heterocycles. The SMILES string of the molecule is CC(=O)OC1C2=C(C3=C(C(=O)c4c(O)cccc4C3=O)C2[NH+]=[N-])C(O)C(O)C1(C)O. The number of benzene rings is 1. The number of aromatic hydroxyl groups is 1. The number of nitrogens with one attached hydrogen (secondary N) is 1. The van der Waals surface area contributed by atoms with Crippen LogP contribution in [0.3, 0.4) is 0 Å². The Morgan fingerprint density at radius 1 is 1.20 bits per heavy atom. The fourth-order valence-corrected chi connectivity index (χ4v) is 4.51.